The van der Waals surface area contributed by atoms with Crippen molar-refractivity contribution in [1.29, 1.82) is 0 Å². The SMILES string of the molecule is O=c1cc[nH]c2c(Cl)c(Cl)c([N+](=O)[O-])cc12. The normalized spacial score (nSPS) is 10.6. The van der Waals surface area contributed by atoms with Gasteiger partial charge in [0.25, 0.3) is 5.69 Å². The lowest BCUT2D eigenvalue weighted by Gasteiger charge is -2.02. The summed E-state index contributed by atoms with van der Waals surface area (Å²) in [6.45, 7) is 0. The zero-order valence-electron chi connectivity index (χ0n) is 7.66. The van der Waals surface area contributed by atoms with Crippen LogP contribution in [0.2, 0.25) is 10.0 Å². The molecule has 0 spiro atoms. The Morgan fingerprint density at radius 1 is 1.31 bits per heavy atom. The Morgan fingerprint density at radius 3 is 2.62 bits per heavy atom. The van der Waals surface area contributed by atoms with Crippen molar-refractivity contribution in [1.82, 2.24) is 4.98 Å². The second kappa shape index (κ2) is 3.77. The summed E-state index contributed by atoms with van der Waals surface area (Å²) < 4.78 is 0. The molecule has 0 fully saturated rings. The fraction of sp³-hybridized carbons (Fsp3) is 0. The van der Waals surface area contributed by atoms with Crippen molar-refractivity contribution in [3.05, 3.63) is 48.7 Å². The van der Waals surface area contributed by atoms with Gasteiger partial charge in [-0.1, -0.05) is 23.2 Å². The third-order valence-corrected chi connectivity index (χ3v) is 2.97. The van der Waals surface area contributed by atoms with Crippen LogP contribution in [0.5, 0.6) is 0 Å². The van der Waals surface area contributed by atoms with Gasteiger partial charge in [-0.05, 0) is 0 Å². The molecule has 1 aromatic carbocycles. The van der Waals surface area contributed by atoms with Crippen molar-refractivity contribution in [2.45, 2.75) is 0 Å². The Morgan fingerprint density at radius 2 is 2.00 bits per heavy atom. The van der Waals surface area contributed by atoms with Crippen LogP contribution >= 0.6 is 23.2 Å². The average Bonchev–Trinajstić information content (AvgIpc) is 2.23. The maximum atomic E-state index is 11.5. The fourth-order valence-electron chi connectivity index (χ4n) is 1.37. The van der Waals surface area contributed by atoms with E-state index in [9.17, 15) is 14.9 Å². The van der Waals surface area contributed by atoms with Gasteiger partial charge in [0.15, 0.2) is 5.43 Å². The molecule has 0 unspecified atom stereocenters. The molecule has 0 aliphatic rings. The van der Waals surface area contributed by atoms with Crippen LogP contribution < -0.4 is 5.43 Å². The molecule has 0 bridgehead atoms. The van der Waals surface area contributed by atoms with E-state index in [2.05, 4.69) is 4.98 Å². The van der Waals surface area contributed by atoms with Gasteiger partial charge in [-0.3, -0.25) is 14.9 Å². The second-order valence-corrected chi connectivity index (χ2v) is 3.80. The minimum atomic E-state index is -0.680. The van der Waals surface area contributed by atoms with Gasteiger partial charge >= 0.3 is 0 Å². The summed E-state index contributed by atoms with van der Waals surface area (Å²) in [5.74, 6) is 0. The Hall–Kier alpha value is -1.59. The first-order valence-electron chi connectivity index (χ1n) is 4.16. The molecule has 0 amide bonds. The third-order valence-electron chi connectivity index (χ3n) is 2.11. The number of nitro groups is 1. The molecule has 16 heavy (non-hydrogen) atoms. The molecule has 2 rings (SSSR count). The number of aromatic nitrogens is 1. The zero-order chi connectivity index (χ0) is 11.9. The van der Waals surface area contributed by atoms with Crippen LogP contribution in [0, 0.1) is 10.1 Å². The summed E-state index contributed by atoms with van der Waals surface area (Å²) in [6.07, 6.45) is 1.40. The van der Waals surface area contributed by atoms with E-state index in [0.717, 1.165) is 6.07 Å². The van der Waals surface area contributed by atoms with Crippen LogP contribution in [0.15, 0.2) is 23.1 Å². The minimum Gasteiger partial charge on any atom is -0.360 e. The number of hydrogen-bond acceptors (Lipinski definition) is 3. The summed E-state index contributed by atoms with van der Waals surface area (Å²) in [5, 5.41) is 10.6. The molecule has 7 heteroatoms. The van der Waals surface area contributed by atoms with E-state index in [4.69, 9.17) is 23.2 Å². The van der Waals surface area contributed by atoms with Crippen LogP contribution in [-0.4, -0.2) is 9.91 Å². The lowest BCUT2D eigenvalue weighted by molar-refractivity contribution is -0.384. The topological polar surface area (TPSA) is 76.0 Å². The van der Waals surface area contributed by atoms with Gasteiger partial charge in [0.05, 0.1) is 20.8 Å². The largest absolute Gasteiger partial charge is 0.360 e. The van der Waals surface area contributed by atoms with Gasteiger partial charge in [0.2, 0.25) is 0 Å². The molecule has 1 N–H and O–H groups in total. The van der Waals surface area contributed by atoms with E-state index in [1.165, 1.54) is 12.3 Å². The maximum Gasteiger partial charge on any atom is 0.290 e. The number of fused-ring (bicyclic) bond motifs is 1. The standard InChI is InChI=1S/C9H4Cl2N2O3/c10-7-5(13(15)16)3-4-6(14)1-2-12-9(4)8(7)11/h1-3H,(H,12,14). The van der Waals surface area contributed by atoms with Crippen molar-refractivity contribution in [2.75, 3.05) is 0 Å². The number of halogens is 2. The summed E-state index contributed by atoms with van der Waals surface area (Å²) in [5.41, 5.74) is -0.434. The van der Waals surface area contributed by atoms with Crippen LogP contribution in [0.4, 0.5) is 5.69 Å². The van der Waals surface area contributed by atoms with E-state index in [-0.39, 0.29) is 26.5 Å². The highest BCUT2D eigenvalue weighted by atomic mass is 35.5. The van der Waals surface area contributed by atoms with Gasteiger partial charge in [-0.2, -0.15) is 0 Å². The van der Waals surface area contributed by atoms with Crippen LogP contribution in [0.25, 0.3) is 10.9 Å². The molecule has 2 aromatic rings. The van der Waals surface area contributed by atoms with Crippen molar-refractivity contribution in [2.24, 2.45) is 0 Å². The van der Waals surface area contributed by atoms with Crippen molar-refractivity contribution < 1.29 is 4.92 Å². The number of nitro benzene ring substituents is 1. The number of aromatic amines is 1. The molecule has 1 heterocycles. The van der Waals surface area contributed by atoms with Crippen molar-refractivity contribution in [3.63, 3.8) is 0 Å². The Bertz CT molecular complexity index is 651. The molecule has 1 aromatic heterocycles. The van der Waals surface area contributed by atoms with Crippen molar-refractivity contribution >= 4 is 39.8 Å². The average molecular weight is 259 g/mol. The van der Waals surface area contributed by atoms with E-state index in [0.29, 0.717) is 5.52 Å². The Labute approximate surface area is 98.8 Å². The minimum absolute atomic E-state index is 0.0245. The highest BCUT2D eigenvalue weighted by molar-refractivity contribution is 6.46. The number of hydrogen-bond donors (Lipinski definition) is 1. The predicted molar refractivity (Wildman–Crippen MR) is 61.2 cm³/mol. The maximum absolute atomic E-state index is 11.5. The first kappa shape index (κ1) is 10.9. The lowest BCUT2D eigenvalue weighted by Crippen LogP contribution is -2.02. The molecule has 0 saturated carbocycles. The quantitative estimate of drug-likeness (QED) is 0.631. The van der Waals surface area contributed by atoms with E-state index in [1.807, 2.05) is 0 Å². The van der Waals surface area contributed by atoms with Crippen LogP contribution in [0.1, 0.15) is 0 Å². The fourth-order valence-corrected chi connectivity index (χ4v) is 1.84. The van der Waals surface area contributed by atoms with Gasteiger partial charge in [0.1, 0.15) is 5.02 Å². The molecule has 0 aliphatic heterocycles. The van der Waals surface area contributed by atoms with Gasteiger partial charge in [-0.15, -0.1) is 0 Å². The highest BCUT2D eigenvalue weighted by Gasteiger charge is 2.19. The van der Waals surface area contributed by atoms with Gasteiger partial charge < -0.3 is 4.98 Å². The van der Waals surface area contributed by atoms with Crippen LogP contribution in [0.3, 0.4) is 0 Å². The number of benzene rings is 1. The molecule has 0 aliphatic carbocycles. The number of nitrogens with zero attached hydrogens (tertiary/aromatic N) is 1. The number of pyridine rings is 1. The smallest absolute Gasteiger partial charge is 0.290 e. The van der Waals surface area contributed by atoms with E-state index < -0.39 is 4.92 Å². The molecule has 5 nitrogen and oxygen atoms in total. The summed E-state index contributed by atoms with van der Waals surface area (Å²) in [6, 6.07) is 2.37. The number of rotatable bonds is 1. The summed E-state index contributed by atoms with van der Waals surface area (Å²) >= 11 is 11.6. The van der Waals surface area contributed by atoms with Crippen molar-refractivity contribution in [3.8, 4) is 0 Å². The van der Waals surface area contributed by atoms with Gasteiger partial charge in [0, 0.05) is 18.3 Å². The van der Waals surface area contributed by atoms with Gasteiger partial charge in [-0.25, -0.2) is 0 Å². The van der Waals surface area contributed by atoms with E-state index in [1.54, 1.807) is 0 Å². The number of nitrogens with one attached hydrogen (secondary N) is 1. The summed E-state index contributed by atoms with van der Waals surface area (Å²) in [7, 11) is 0. The monoisotopic (exact) mass is 258 g/mol. The predicted octanol–water partition coefficient (Wildman–Crippen LogP) is 2.74. The molecular weight excluding hydrogens is 255 g/mol. The number of H-pyrrole nitrogens is 1. The molecule has 0 radical (unpaired) electrons. The highest BCUT2D eigenvalue weighted by Crippen LogP contribution is 2.36. The van der Waals surface area contributed by atoms with Crippen LogP contribution in [-0.2, 0) is 0 Å². The molecular formula is C9H4Cl2N2O3. The third kappa shape index (κ3) is 1.54. The molecule has 0 atom stereocenters. The Balaban J connectivity index is 3.00. The summed E-state index contributed by atoms with van der Waals surface area (Å²) in [4.78, 5) is 24.2. The first-order valence-corrected chi connectivity index (χ1v) is 4.91. The lowest BCUT2D eigenvalue weighted by atomic mass is 10.2. The van der Waals surface area contributed by atoms with E-state index >= 15 is 0 Å². The molecule has 82 valence electrons. The first-order chi connectivity index (χ1) is 7.52. The molecule has 0 saturated heterocycles. The zero-order valence-corrected chi connectivity index (χ0v) is 9.17. The Kier molecular flexibility index (Phi) is 2.57. The second-order valence-electron chi connectivity index (χ2n) is 3.05.